The molecule has 0 radical (unpaired) electrons. The van der Waals surface area contributed by atoms with Gasteiger partial charge in [0.05, 0.1) is 16.3 Å². The molecule has 0 amide bonds. The summed E-state index contributed by atoms with van der Waals surface area (Å²) < 4.78 is 28.4. The second kappa shape index (κ2) is 8.69. The van der Waals surface area contributed by atoms with Crippen molar-refractivity contribution in [2.75, 3.05) is 23.7 Å². The molecule has 36 heavy (non-hydrogen) atoms. The summed E-state index contributed by atoms with van der Waals surface area (Å²) >= 11 is 12.8. The van der Waals surface area contributed by atoms with Crippen LogP contribution >= 0.6 is 23.2 Å². The van der Waals surface area contributed by atoms with E-state index in [2.05, 4.69) is 4.90 Å². The van der Waals surface area contributed by atoms with Crippen LogP contribution in [0.5, 0.6) is 0 Å². The van der Waals surface area contributed by atoms with Crippen LogP contribution < -0.4 is 4.90 Å². The fraction of sp³-hybridized carbons (Fsp3) is 0.320. The van der Waals surface area contributed by atoms with Gasteiger partial charge < -0.3 is 4.90 Å². The van der Waals surface area contributed by atoms with E-state index in [0.717, 1.165) is 23.1 Å². The monoisotopic (exact) mass is 542 g/mol. The lowest BCUT2D eigenvalue weighted by Crippen LogP contribution is -2.49. The summed E-state index contributed by atoms with van der Waals surface area (Å²) in [6.07, 6.45) is 0.779. The van der Waals surface area contributed by atoms with Crippen molar-refractivity contribution in [1.82, 2.24) is 23.9 Å². The van der Waals surface area contributed by atoms with Crippen molar-refractivity contribution < 1.29 is 8.42 Å². The van der Waals surface area contributed by atoms with Crippen molar-refractivity contribution in [2.45, 2.75) is 32.4 Å². The van der Waals surface area contributed by atoms with Gasteiger partial charge in [-0.05, 0) is 44.0 Å². The van der Waals surface area contributed by atoms with E-state index in [-0.39, 0.29) is 17.8 Å². The smallest absolute Gasteiger partial charge is 0.229 e. The van der Waals surface area contributed by atoms with Crippen molar-refractivity contribution in [3.63, 3.8) is 0 Å². The number of fused-ring (bicyclic) bond motifs is 3. The molecule has 4 heterocycles. The number of rotatable bonds is 5. The molecule has 2 aliphatic rings. The number of halogens is 2. The highest BCUT2D eigenvalue weighted by Crippen LogP contribution is 2.40. The zero-order chi connectivity index (χ0) is 25.2. The topological polar surface area (TPSA) is 83.7 Å². The average Bonchev–Trinajstić information content (AvgIpc) is 3.58. The number of sulfonamides is 1. The third-order valence-electron chi connectivity index (χ3n) is 7.07. The number of hydrogen-bond acceptors (Lipinski definition) is 6. The molecule has 0 aliphatic carbocycles. The number of aromatic nitrogens is 4. The zero-order valence-electron chi connectivity index (χ0n) is 19.8. The number of nitrogens with zero attached hydrogens (tertiary/aromatic N) is 6. The SMILES string of the molecule is CCS(=O)(=O)N1CC2CC1CN2c1nc(C)n2nc(-c3ccccc3Cl)c(-c3ccc(Cl)cc3)c2n1. The van der Waals surface area contributed by atoms with Crippen LogP contribution in [0.4, 0.5) is 5.95 Å². The van der Waals surface area contributed by atoms with Crippen LogP contribution in [0, 0.1) is 6.92 Å². The Labute approximate surface area is 219 Å². The van der Waals surface area contributed by atoms with E-state index in [1.54, 1.807) is 15.7 Å². The predicted molar refractivity (Wildman–Crippen MR) is 142 cm³/mol. The maximum atomic E-state index is 12.5. The molecule has 186 valence electrons. The summed E-state index contributed by atoms with van der Waals surface area (Å²) in [5.74, 6) is 1.38. The van der Waals surface area contributed by atoms with Gasteiger partial charge in [-0.1, -0.05) is 53.5 Å². The van der Waals surface area contributed by atoms with Gasteiger partial charge in [-0.2, -0.15) is 23.9 Å². The zero-order valence-corrected chi connectivity index (χ0v) is 22.1. The molecule has 11 heteroatoms. The molecule has 2 aromatic heterocycles. The Morgan fingerprint density at radius 1 is 1.00 bits per heavy atom. The van der Waals surface area contributed by atoms with Gasteiger partial charge in [-0.25, -0.2) is 8.42 Å². The molecule has 6 rings (SSSR count). The van der Waals surface area contributed by atoms with Gasteiger partial charge in [0.2, 0.25) is 16.0 Å². The highest BCUT2D eigenvalue weighted by Gasteiger charge is 2.48. The van der Waals surface area contributed by atoms with Crippen LogP contribution in [0.1, 0.15) is 19.2 Å². The highest BCUT2D eigenvalue weighted by atomic mass is 35.5. The van der Waals surface area contributed by atoms with E-state index in [1.807, 2.05) is 55.5 Å². The minimum Gasteiger partial charge on any atom is -0.335 e. The lowest BCUT2D eigenvalue weighted by atomic mass is 10.0. The maximum absolute atomic E-state index is 12.5. The third kappa shape index (κ3) is 3.76. The summed E-state index contributed by atoms with van der Waals surface area (Å²) in [5, 5.41) is 6.11. The molecule has 2 aliphatic heterocycles. The molecular weight excluding hydrogens is 519 g/mol. The Morgan fingerprint density at radius 3 is 2.42 bits per heavy atom. The Hall–Kier alpha value is -2.72. The minimum absolute atomic E-state index is 0.0446. The maximum Gasteiger partial charge on any atom is 0.229 e. The standard InChI is InChI=1S/C25H24Cl2N6O2S/c1-3-36(34,35)32-14-18-12-19(32)13-31(18)25-28-15(2)33-24(29-25)22(16-8-10-17(26)11-9-16)23(30-33)20-6-4-5-7-21(20)27/h4-11,18-19H,3,12-14H2,1-2H3. The number of benzene rings is 2. The Bertz CT molecular complexity index is 1590. The van der Waals surface area contributed by atoms with Crippen LogP contribution in [0.2, 0.25) is 10.0 Å². The molecule has 2 saturated heterocycles. The van der Waals surface area contributed by atoms with Gasteiger partial charge in [0.1, 0.15) is 11.5 Å². The normalized spacial score (nSPS) is 20.1. The van der Waals surface area contributed by atoms with Crippen LogP contribution in [0.15, 0.2) is 48.5 Å². The minimum atomic E-state index is -3.23. The molecule has 8 nitrogen and oxygen atoms in total. The second-order valence-corrected chi connectivity index (χ2v) is 12.2. The van der Waals surface area contributed by atoms with Gasteiger partial charge >= 0.3 is 0 Å². The Kier molecular flexibility index (Phi) is 5.71. The molecule has 4 aromatic rings. The first-order valence-electron chi connectivity index (χ1n) is 11.8. The van der Waals surface area contributed by atoms with Crippen LogP contribution in [0.3, 0.4) is 0 Å². The van der Waals surface area contributed by atoms with E-state index >= 15 is 0 Å². The molecule has 2 aromatic carbocycles. The number of anilines is 1. The molecule has 2 atom stereocenters. The summed E-state index contributed by atoms with van der Waals surface area (Å²) in [4.78, 5) is 11.9. The van der Waals surface area contributed by atoms with Crippen molar-refractivity contribution >= 4 is 44.8 Å². The van der Waals surface area contributed by atoms with E-state index < -0.39 is 10.0 Å². The fourth-order valence-electron chi connectivity index (χ4n) is 5.28. The number of hydrogen-bond donors (Lipinski definition) is 0. The van der Waals surface area contributed by atoms with E-state index in [1.165, 1.54) is 0 Å². The average molecular weight is 543 g/mol. The van der Waals surface area contributed by atoms with Crippen molar-refractivity contribution in [1.29, 1.82) is 0 Å². The van der Waals surface area contributed by atoms with Crippen molar-refractivity contribution in [2.24, 2.45) is 0 Å². The van der Waals surface area contributed by atoms with Crippen molar-refractivity contribution in [3.05, 3.63) is 64.4 Å². The Balaban J connectivity index is 1.49. The van der Waals surface area contributed by atoms with E-state index in [4.69, 9.17) is 38.3 Å². The molecule has 2 bridgehead atoms. The van der Waals surface area contributed by atoms with E-state index in [9.17, 15) is 8.42 Å². The summed E-state index contributed by atoms with van der Waals surface area (Å²) in [5.41, 5.74) is 3.93. The van der Waals surface area contributed by atoms with Crippen LogP contribution in [0.25, 0.3) is 28.0 Å². The van der Waals surface area contributed by atoms with Gasteiger partial charge in [-0.15, -0.1) is 0 Å². The third-order valence-corrected chi connectivity index (χ3v) is 9.54. The van der Waals surface area contributed by atoms with Crippen LogP contribution in [-0.4, -0.2) is 63.2 Å². The summed E-state index contributed by atoms with van der Waals surface area (Å²) in [6, 6.07) is 15.2. The molecule has 0 spiro atoms. The molecule has 2 fully saturated rings. The van der Waals surface area contributed by atoms with Crippen molar-refractivity contribution in [3.8, 4) is 22.4 Å². The predicted octanol–water partition coefficient (Wildman–Crippen LogP) is 4.69. The molecule has 0 saturated carbocycles. The highest BCUT2D eigenvalue weighted by molar-refractivity contribution is 7.89. The molecule has 2 unspecified atom stereocenters. The first-order chi connectivity index (χ1) is 17.3. The van der Waals surface area contributed by atoms with Crippen LogP contribution in [-0.2, 0) is 10.0 Å². The van der Waals surface area contributed by atoms with Gasteiger partial charge in [-0.3, -0.25) is 0 Å². The molecular formula is C25H24Cl2N6O2S. The first-order valence-corrected chi connectivity index (χ1v) is 14.2. The fourth-order valence-corrected chi connectivity index (χ4v) is 6.97. The van der Waals surface area contributed by atoms with E-state index in [0.29, 0.717) is 46.2 Å². The second-order valence-electron chi connectivity index (χ2n) is 9.18. The quantitative estimate of drug-likeness (QED) is 0.364. The first kappa shape index (κ1) is 23.7. The number of aryl methyl sites for hydroxylation is 1. The lowest BCUT2D eigenvalue weighted by molar-refractivity contribution is 0.367. The van der Waals surface area contributed by atoms with Gasteiger partial charge in [0.25, 0.3) is 0 Å². The van der Waals surface area contributed by atoms with Gasteiger partial charge in [0.15, 0.2) is 5.65 Å². The molecule has 0 N–H and O–H groups in total. The summed E-state index contributed by atoms with van der Waals surface area (Å²) in [7, 11) is -3.23. The number of piperazine rings is 1. The van der Waals surface area contributed by atoms with Gasteiger partial charge in [0, 0.05) is 35.8 Å². The lowest BCUT2D eigenvalue weighted by Gasteiger charge is -2.33. The Morgan fingerprint density at radius 2 is 1.75 bits per heavy atom. The summed E-state index contributed by atoms with van der Waals surface area (Å²) in [6.45, 7) is 4.62. The largest absolute Gasteiger partial charge is 0.335 e.